The number of nitrogens with zero attached hydrogens (tertiary/aromatic N) is 4. The van der Waals surface area contributed by atoms with Gasteiger partial charge in [-0.15, -0.1) is 5.10 Å². The second-order valence-electron chi connectivity index (χ2n) is 7.26. The number of carbonyl (C=O) groups is 1. The lowest BCUT2D eigenvalue weighted by atomic mass is 10.1. The van der Waals surface area contributed by atoms with Crippen molar-refractivity contribution in [3.05, 3.63) is 75.5 Å². The SMILES string of the molecule is COc1ccc(C(=O)N2CCN(c3ccc(=O)n(-c4ccc(Cl)cc4)n3)CC2)c(OC)c1. The molecule has 0 bridgehead atoms. The van der Waals surface area contributed by atoms with E-state index in [-0.39, 0.29) is 11.5 Å². The third-order valence-corrected chi connectivity index (χ3v) is 5.64. The molecule has 0 N–H and O–H groups in total. The van der Waals surface area contributed by atoms with Crippen LogP contribution in [0.4, 0.5) is 5.82 Å². The summed E-state index contributed by atoms with van der Waals surface area (Å²) >= 11 is 5.95. The average molecular weight is 455 g/mol. The summed E-state index contributed by atoms with van der Waals surface area (Å²) in [6, 6.07) is 15.3. The average Bonchev–Trinajstić information content (AvgIpc) is 2.84. The van der Waals surface area contributed by atoms with E-state index >= 15 is 0 Å². The maximum atomic E-state index is 13.0. The number of hydrogen-bond acceptors (Lipinski definition) is 6. The lowest BCUT2D eigenvalue weighted by Crippen LogP contribution is -2.49. The van der Waals surface area contributed by atoms with Gasteiger partial charge in [0.05, 0.1) is 25.5 Å². The van der Waals surface area contributed by atoms with Crippen molar-refractivity contribution in [2.24, 2.45) is 0 Å². The number of aromatic nitrogens is 2. The number of piperazine rings is 1. The van der Waals surface area contributed by atoms with Crippen LogP contribution in [0.3, 0.4) is 0 Å². The quantitative estimate of drug-likeness (QED) is 0.590. The Morgan fingerprint density at radius 1 is 0.938 bits per heavy atom. The summed E-state index contributed by atoms with van der Waals surface area (Å²) in [5, 5.41) is 5.11. The van der Waals surface area contributed by atoms with Crippen LogP contribution in [0.2, 0.25) is 5.02 Å². The van der Waals surface area contributed by atoms with Crippen LogP contribution in [-0.2, 0) is 0 Å². The van der Waals surface area contributed by atoms with E-state index in [0.717, 1.165) is 0 Å². The Balaban J connectivity index is 1.48. The summed E-state index contributed by atoms with van der Waals surface area (Å²) in [4.78, 5) is 29.2. The number of hydrogen-bond donors (Lipinski definition) is 0. The van der Waals surface area contributed by atoms with Gasteiger partial charge < -0.3 is 19.3 Å². The van der Waals surface area contributed by atoms with E-state index in [1.165, 1.54) is 17.9 Å². The van der Waals surface area contributed by atoms with Crippen LogP contribution in [0, 0.1) is 0 Å². The molecule has 0 saturated carbocycles. The van der Waals surface area contributed by atoms with Crippen molar-refractivity contribution in [3.63, 3.8) is 0 Å². The van der Waals surface area contributed by atoms with Crippen LogP contribution < -0.4 is 19.9 Å². The van der Waals surface area contributed by atoms with Gasteiger partial charge in [0.1, 0.15) is 17.3 Å². The second-order valence-corrected chi connectivity index (χ2v) is 7.70. The summed E-state index contributed by atoms with van der Waals surface area (Å²) in [6.07, 6.45) is 0. The summed E-state index contributed by atoms with van der Waals surface area (Å²) in [6.45, 7) is 2.23. The van der Waals surface area contributed by atoms with Crippen LogP contribution in [0.5, 0.6) is 11.5 Å². The minimum absolute atomic E-state index is 0.0942. The summed E-state index contributed by atoms with van der Waals surface area (Å²) in [5.41, 5.74) is 0.911. The predicted octanol–water partition coefficient (Wildman–Crippen LogP) is 2.87. The Morgan fingerprint density at radius 3 is 2.31 bits per heavy atom. The zero-order valence-corrected chi connectivity index (χ0v) is 18.6. The van der Waals surface area contributed by atoms with E-state index in [1.807, 2.05) is 0 Å². The van der Waals surface area contributed by atoms with Gasteiger partial charge in [0.2, 0.25) is 0 Å². The topological polar surface area (TPSA) is 76.9 Å². The van der Waals surface area contributed by atoms with E-state index < -0.39 is 0 Å². The molecule has 2 aromatic carbocycles. The number of rotatable bonds is 5. The van der Waals surface area contributed by atoms with Crippen LogP contribution in [0.1, 0.15) is 10.4 Å². The van der Waals surface area contributed by atoms with Crippen LogP contribution >= 0.6 is 11.6 Å². The Kier molecular flexibility index (Phi) is 6.32. The van der Waals surface area contributed by atoms with Crippen molar-refractivity contribution >= 4 is 23.3 Å². The fraction of sp³-hybridized carbons (Fsp3) is 0.261. The minimum atomic E-state index is -0.225. The van der Waals surface area contributed by atoms with Gasteiger partial charge in [-0.25, -0.2) is 0 Å². The highest BCUT2D eigenvalue weighted by Gasteiger charge is 2.25. The molecule has 0 spiro atoms. The van der Waals surface area contributed by atoms with Gasteiger partial charge in [-0.1, -0.05) is 11.6 Å². The number of carbonyl (C=O) groups excluding carboxylic acids is 1. The van der Waals surface area contributed by atoms with Crippen molar-refractivity contribution in [2.75, 3.05) is 45.3 Å². The molecule has 4 rings (SSSR count). The normalized spacial score (nSPS) is 13.7. The molecule has 9 heteroatoms. The van der Waals surface area contributed by atoms with Gasteiger partial charge in [0, 0.05) is 43.3 Å². The first kappa shape index (κ1) is 21.7. The molecular weight excluding hydrogens is 432 g/mol. The van der Waals surface area contributed by atoms with Gasteiger partial charge in [0.25, 0.3) is 11.5 Å². The Hall–Kier alpha value is -3.52. The van der Waals surface area contributed by atoms with Crippen LogP contribution in [-0.4, -0.2) is 61.0 Å². The molecular formula is C23H23ClN4O4. The van der Waals surface area contributed by atoms with E-state index in [9.17, 15) is 9.59 Å². The van der Waals surface area contributed by atoms with Crippen molar-refractivity contribution in [1.82, 2.24) is 14.7 Å². The molecule has 0 atom stereocenters. The van der Waals surface area contributed by atoms with Gasteiger partial charge in [-0.2, -0.15) is 4.68 Å². The van der Waals surface area contributed by atoms with Gasteiger partial charge >= 0.3 is 0 Å². The van der Waals surface area contributed by atoms with E-state index in [4.69, 9.17) is 21.1 Å². The number of benzene rings is 2. The molecule has 1 aromatic heterocycles. The van der Waals surface area contributed by atoms with Crippen molar-refractivity contribution < 1.29 is 14.3 Å². The molecule has 1 amide bonds. The zero-order chi connectivity index (χ0) is 22.7. The number of methoxy groups -OCH3 is 2. The number of ether oxygens (including phenoxy) is 2. The minimum Gasteiger partial charge on any atom is -0.497 e. The zero-order valence-electron chi connectivity index (χ0n) is 17.8. The highest BCUT2D eigenvalue weighted by atomic mass is 35.5. The van der Waals surface area contributed by atoms with Gasteiger partial charge in [-0.05, 0) is 42.5 Å². The largest absolute Gasteiger partial charge is 0.497 e. The molecule has 3 aromatic rings. The first-order valence-corrected chi connectivity index (χ1v) is 10.5. The van der Waals surface area contributed by atoms with Crippen LogP contribution in [0.15, 0.2) is 59.4 Å². The molecule has 1 fully saturated rings. The maximum absolute atomic E-state index is 13.0. The van der Waals surface area contributed by atoms with Gasteiger partial charge in [0.15, 0.2) is 0 Å². The molecule has 8 nitrogen and oxygen atoms in total. The third kappa shape index (κ3) is 4.40. The van der Waals surface area contributed by atoms with E-state index in [0.29, 0.717) is 59.8 Å². The predicted molar refractivity (Wildman–Crippen MR) is 123 cm³/mol. The molecule has 0 unspecified atom stereocenters. The van der Waals surface area contributed by atoms with E-state index in [2.05, 4.69) is 10.00 Å². The third-order valence-electron chi connectivity index (χ3n) is 5.39. The summed E-state index contributed by atoms with van der Waals surface area (Å²) in [5.74, 6) is 1.69. The molecule has 2 heterocycles. The summed E-state index contributed by atoms with van der Waals surface area (Å²) in [7, 11) is 3.10. The fourth-order valence-electron chi connectivity index (χ4n) is 3.62. The molecule has 166 valence electrons. The fourth-order valence-corrected chi connectivity index (χ4v) is 3.75. The highest BCUT2D eigenvalue weighted by molar-refractivity contribution is 6.30. The van der Waals surface area contributed by atoms with Crippen LogP contribution in [0.25, 0.3) is 5.69 Å². The molecule has 0 radical (unpaired) electrons. The van der Waals surface area contributed by atoms with E-state index in [1.54, 1.807) is 60.5 Å². The van der Waals surface area contributed by atoms with Crippen molar-refractivity contribution in [1.29, 1.82) is 0 Å². The smallest absolute Gasteiger partial charge is 0.271 e. The molecule has 1 saturated heterocycles. The highest BCUT2D eigenvalue weighted by Crippen LogP contribution is 2.26. The molecule has 1 aliphatic heterocycles. The first-order valence-electron chi connectivity index (χ1n) is 10.1. The molecule has 32 heavy (non-hydrogen) atoms. The number of halogens is 1. The Morgan fingerprint density at radius 2 is 1.66 bits per heavy atom. The Bertz CT molecular complexity index is 1170. The monoisotopic (exact) mass is 454 g/mol. The standard InChI is InChI=1S/C23H23ClN4O4/c1-31-18-7-8-19(20(15-18)32-2)23(30)27-13-11-26(12-14-27)21-9-10-22(29)28(25-21)17-5-3-16(24)4-6-17/h3-10,15H,11-14H2,1-2H3. The van der Waals surface area contributed by atoms with Gasteiger partial charge in [-0.3, -0.25) is 9.59 Å². The lowest BCUT2D eigenvalue weighted by Gasteiger charge is -2.35. The Labute approximate surface area is 190 Å². The molecule has 1 aliphatic rings. The van der Waals surface area contributed by atoms with Crippen molar-refractivity contribution in [2.45, 2.75) is 0 Å². The number of anilines is 1. The van der Waals surface area contributed by atoms with Crippen molar-refractivity contribution in [3.8, 4) is 17.2 Å². The maximum Gasteiger partial charge on any atom is 0.271 e. The molecule has 0 aliphatic carbocycles. The lowest BCUT2D eigenvalue weighted by molar-refractivity contribution is 0.0743. The number of amides is 1. The summed E-state index contributed by atoms with van der Waals surface area (Å²) < 4.78 is 11.9. The second kappa shape index (κ2) is 9.32. The first-order chi connectivity index (χ1) is 15.5.